The van der Waals surface area contributed by atoms with Crippen molar-refractivity contribution in [1.82, 2.24) is 10.2 Å². The summed E-state index contributed by atoms with van der Waals surface area (Å²) >= 11 is 1.46. The molecule has 0 saturated heterocycles. The Kier molecular flexibility index (Phi) is 4.20. The quantitative estimate of drug-likeness (QED) is 0.750. The average molecular weight is 333 g/mol. The lowest BCUT2D eigenvalue weighted by Crippen LogP contribution is -2.16. The van der Waals surface area contributed by atoms with Crippen molar-refractivity contribution in [3.05, 3.63) is 58.6 Å². The van der Waals surface area contributed by atoms with E-state index in [4.69, 9.17) is 0 Å². The van der Waals surface area contributed by atoms with Gasteiger partial charge in [0, 0.05) is 0 Å². The molecular weight excluding hydrogens is 320 g/mol. The van der Waals surface area contributed by atoms with Crippen LogP contribution in [0.5, 0.6) is 0 Å². The van der Waals surface area contributed by atoms with Crippen LogP contribution >= 0.6 is 11.3 Å². The van der Waals surface area contributed by atoms with Gasteiger partial charge >= 0.3 is 0 Å². The van der Waals surface area contributed by atoms with Gasteiger partial charge < -0.3 is 5.32 Å². The molecule has 0 aliphatic rings. The number of H-pyrrole nitrogens is 1. The van der Waals surface area contributed by atoms with Crippen LogP contribution in [0, 0.1) is 11.6 Å². The summed E-state index contributed by atoms with van der Waals surface area (Å²) in [6.45, 7) is 1.89. The third kappa shape index (κ3) is 2.87. The number of carbonyl (C=O) groups excluding carboxylic acids is 1. The first-order chi connectivity index (χ1) is 11.1. The van der Waals surface area contributed by atoms with Crippen LogP contribution in [-0.2, 0) is 6.42 Å². The molecule has 3 rings (SSSR count). The van der Waals surface area contributed by atoms with Crippen LogP contribution in [-0.4, -0.2) is 16.1 Å². The topological polar surface area (TPSA) is 57.8 Å². The van der Waals surface area contributed by atoms with Crippen LogP contribution in [0.4, 0.5) is 14.5 Å². The summed E-state index contributed by atoms with van der Waals surface area (Å²) in [6, 6.07) is 7.04. The lowest BCUT2D eigenvalue weighted by atomic mass is 10.1. The van der Waals surface area contributed by atoms with Crippen molar-refractivity contribution < 1.29 is 13.6 Å². The van der Waals surface area contributed by atoms with Crippen LogP contribution in [0.2, 0.25) is 0 Å². The zero-order valence-corrected chi connectivity index (χ0v) is 13.0. The summed E-state index contributed by atoms with van der Waals surface area (Å²) in [5.41, 5.74) is 1.09. The van der Waals surface area contributed by atoms with E-state index in [1.54, 1.807) is 0 Å². The van der Waals surface area contributed by atoms with E-state index in [1.807, 2.05) is 24.4 Å². The number of aryl methyl sites for hydroxylation is 1. The van der Waals surface area contributed by atoms with Gasteiger partial charge in [-0.3, -0.25) is 9.89 Å². The van der Waals surface area contributed by atoms with Gasteiger partial charge in [0.1, 0.15) is 22.9 Å². The van der Waals surface area contributed by atoms with Crippen molar-refractivity contribution in [1.29, 1.82) is 0 Å². The first-order valence-corrected chi connectivity index (χ1v) is 7.86. The Balaban J connectivity index is 2.00. The van der Waals surface area contributed by atoms with Gasteiger partial charge in [-0.25, -0.2) is 8.78 Å². The minimum atomic E-state index is -0.901. The predicted octanol–water partition coefficient (Wildman–Crippen LogP) is 4.23. The van der Waals surface area contributed by atoms with Gasteiger partial charge in [-0.1, -0.05) is 19.1 Å². The van der Waals surface area contributed by atoms with E-state index >= 15 is 0 Å². The molecule has 0 bridgehead atoms. The molecule has 2 heterocycles. The minimum Gasteiger partial charge on any atom is -0.318 e. The Hall–Kier alpha value is -2.54. The second-order valence-electron chi connectivity index (χ2n) is 4.81. The molecule has 0 unspecified atom stereocenters. The van der Waals surface area contributed by atoms with Gasteiger partial charge in [-0.15, -0.1) is 11.3 Å². The van der Waals surface area contributed by atoms with Crippen molar-refractivity contribution in [2.45, 2.75) is 13.3 Å². The highest BCUT2D eigenvalue weighted by Crippen LogP contribution is 2.32. The van der Waals surface area contributed by atoms with E-state index in [0.717, 1.165) is 17.0 Å². The molecular formula is C16H13F2N3OS. The molecule has 1 aromatic carbocycles. The number of rotatable bonds is 4. The normalized spacial score (nSPS) is 10.7. The molecule has 4 nitrogen and oxygen atoms in total. The van der Waals surface area contributed by atoms with Crippen LogP contribution in [0.15, 0.2) is 35.7 Å². The SMILES string of the molecule is CCc1[nH]nc(-c2cccs2)c1NC(=O)c1c(F)cccc1F. The summed E-state index contributed by atoms with van der Waals surface area (Å²) in [6.07, 6.45) is 0.591. The van der Waals surface area contributed by atoms with Crippen molar-refractivity contribution in [2.75, 3.05) is 5.32 Å². The molecule has 0 aliphatic carbocycles. The third-order valence-corrected chi connectivity index (χ3v) is 4.25. The summed E-state index contributed by atoms with van der Waals surface area (Å²) in [7, 11) is 0. The van der Waals surface area contributed by atoms with Gasteiger partial charge in [-0.2, -0.15) is 5.10 Å². The lowest BCUT2D eigenvalue weighted by Gasteiger charge is -2.08. The number of aromatic amines is 1. The molecule has 2 aromatic heterocycles. The van der Waals surface area contributed by atoms with Crippen LogP contribution in [0.1, 0.15) is 23.0 Å². The van der Waals surface area contributed by atoms with Crippen LogP contribution < -0.4 is 5.32 Å². The standard InChI is InChI=1S/C16H13F2N3OS/c1-2-11-14(15(21-20-11)12-7-4-8-23-12)19-16(22)13-9(17)5-3-6-10(13)18/h3-8H,2H2,1H3,(H,19,22)(H,20,21). The number of benzene rings is 1. The fourth-order valence-electron chi connectivity index (χ4n) is 2.25. The highest BCUT2D eigenvalue weighted by molar-refractivity contribution is 7.13. The third-order valence-electron chi connectivity index (χ3n) is 3.38. The molecule has 1 amide bonds. The molecule has 0 atom stereocenters. The molecule has 0 spiro atoms. The average Bonchev–Trinajstić information content (AvgIpc) is 3.16. The zero-order valence-electron chi connectivity index (χ0n) is 12.2. The van der Waals surface area contributed by atoms with Gasteiger partial charge in [-0.05, 0) is 30.0 Å². The number of halogens is 2. The zero-order chi connectivity index (χ0) is 16.4. The van der Waals surface area contributed by atoms with Crippen molar-refractivity contribution >= 4 is 22.9 Å². The monoisotopic (exact) mass is 333 g/mol. The predicted molar refractivity (Wildman–Crippen MR) is 85.6 cm³/mol. The summed E-state index contributed by atoms with van der Waals surface area (Å²) in [5, 5.41) is 11.5. The van der Waals surface area contributed by atoms with Gasteiger partial charge in [0.25, 0.3) is 5.91 Å². The number of anilines is 1. The number of amides is 1. The number of thiophene rings is 1. The van der Waals surface area contributed by atoms with E-state index < -0.39 is 23.1 Å². The summed E-state index contributed by atoms with van der Waals surface area (Å²) < 4.78 is 27.5. The molecule has 2 N–H and O–H groups in total. The largest absolute Gasteiger partial charge is 0.318 e. The Morgan fingerprint density at radius 3 is 2.61 bits per heavy atom. The molecule has 0 fully saturated rings. The Bertz CT molecular complexity index is 823. The maximum absolute atomic E-state index is 13.8. The molecule has 118 valence electrons. The van der Waals surface area contributed by atoms with E-state index in [0.29, 0.717) is 23.5 Å². The van der Waals surface area contributed by atoms with Gasteiger partial charge in [0.05, 0.1) is 16.3 Å². The van der Waals surface area contributed by atoms with E-state index in [2.05, 4.69) is 15.5 Å². The first kappa shape index (κ1) is 15.4. The van der Waals surface area contributed by atoms with Crippen LogP contribution in [0.25, 0.3) is 10.6 Å². The second kappa shape index (κ2) is 6.29. The van der Waals surface area contributed by atoms with Crippen molar-refractivity contribution in [3.63, 3.8) is 0 Å². The minimum absolute atomic E-state index is 0.447. The van der Waals surface area contributed by atoms with Gasteiger partial charge in [0.15, 0.2) is 0 Å². The maximum Gasteiger partial charge on any atom is 0.261 e. The number of hydrogen-bond acceptors (Lipinski definition) is 3. The maximum atomic E-state index is 13.8. The number of carbonyl (C=O) groups is 1. The highest BCUT2D eigenvalue weighted by atomic mass is 32.1. The van der Waals surface area contributed by atoms with E-state index in [1.165, 1.54) is 17.4 Å². The summed E-state index contributed by atoms with van der Waals surface area (Å²) in [5.74, 6) is -2.64. The number of nitrogens with one attached hydrogen (secondary N) is 2. The van der Waals surface area contributed by atoms with Gasteiger partial charge in [0.2, 0.25) is 0 Å². The molecule has 0 radical (unpaired) electrons. The molecule has 7 heteroatoms. The fourth-order valence-corrected chi connectivity index (χ4v) is 2.97. The van der Waals surface area contributed by atoms with E-state index in [9.17, 15) is 13.6 Å². The fraction of sp³-hybridized carbons (Fsp3) is 0.125. The molecule has 23 heavy (non-hydrogen) atoms. The number of nitrogens with zero attached hydrogens (tertiary/aromatic N) is 1. The summed E-state index contributed by atoms with van der Waals surface area (Å²) in [4.78, 5) is 13.2. The molecule has 3 aromatic rings. The van der Waals surface area contributed by atoms with Crippen molar-refractivity contribution in [2.24, 2.45) is 0 Å². The number of aromatic nitrogens is 2. The van der Waals surface area contributed by atoms with Crippen LogP contribution in [0.3, 0.4) is 0 Å². The second-order valence-corrected chi connectivity index (χ2v) is 5.76. The Morgan fingerprint density at radius 2 is 2.00 bits per heavy atom. The highest BCUT2D eigenvalue weighted by Gasteiger charge is 2.22. The van der Waals surface area contributed by atoms with E-state index in [-0.39, 0.29) is 0 Å². The lowest BCUT2D eigenvalue weighted by molar-refractivity contribution is 0.101. The Morgan fingerprint density at radius 1 is 1.26 bits per heavy atom. The first-order valence-electron chi connectivity index (χ1n) is 6.98. The Labute approximate surface area is 135 Å². The molecule has 0 aliphatic heterocycles. The number of hydrogen-bond donors (Lipinski definition) is 2. The molecule has 0 saturated carbocycles. The van der Waals surface area contributed by atoms with Crippen molar-refractivity contribution in [3.8, 4) is 10.6 Å². The smallest absolute Gasteiger partial charge is 0.261 e.